The van der Waals surface area contributed by atoms with Crippen LogP contribution in [0.15, 0.2) is 54.6 Å². The molecule has 2 nitrogen and oxygen atoms in total. The van der Waals surface area contributed by atoms with Crippen molar-refractivity contribution in [3.63, 3.8) is 0 Å². The molecule has 0 aliphatic carbocycles. The van der Waals surface area contributed by atoms with E-state index < -0.39 is 0 Å². The number of rotatable bonds is 7. The van der Waals surface area contributed by atoms with E-state index in [1.54, 1.807) is 0 Å². The Balaban J connectivity index is 0.000000684. The average Bonchev–Trinajstić information content (AvgIpc) is 3.16. The van der Waals surface area contributed by atoms with Gasteiger partial charge in [0.1, 0.15) is 0 Å². The van der Waals surface area contributed by atoms with E-state index in [2.05, 4.69) is 32.9 Å². The summed E-state index contributed by atoms with van der Waals surface area (Å²) < 4.78 is 5.99. The van der Waals surface area contributed by atoms with Gasteiger partial charge in [0, 0.05) is 27.9 Å². The number of aliphatic hydroxyl groups excluding tert-OH is 1. The second-order valence-electron chi connectivity index (χ2n) is 6.01. The maximum absolute atomic E-state index is 8.84. The van der Waals surface area contributed by atoms with Crippen LogP contribution in [0.3, 0.4) is 0 Å². The second kappa shape index (κ2) is 12.9. The smallest absolute Gasteiger partial charge is 0.0691 e. The number of hydrogen-bond acceptors (Lipinski definition) is 3. The van der Waals surface area contributed by atoms with E-state index in [-0.39, 0.29) is 29.8 Å². The fourth-order valence-electron chi connectivity index (χ4n) is 1.94. The monoisotopic (exact) mass is 376 g/mol. The standard InChI is InChI=1S/C14H23O2S.C5H5.Fe/c1-14(2,3)17-11-8-13(16-10-9-15)12-6-4-5-7-12;1-2-4-5-3-1;/h4-7,13,15H,8-11H2,1-3H3;1-5H;/q-1;-5;. The van der Waals surface area contributed by atoms with Gasteiger partial charge in [0.2, 0.25) is 0 Å². The first-order chi connectivity index (χ1) is 10.5. The zero-order valence-corrected chi connectivity index (χ0v) is 16.1. The van der Waals surface area contributed by atoms with Gasteiger partial charge in [0.15, 0.2) is 0 Å². The summed E-state index contributed by atoms with van der Waals surface area (Å²) in [5.41, 5.74) is 1.22. The van der Waals surface area contributed by atoms with Gasteiger partial charge in [-0.25, -0.2) is 12.1 Å². The van der Waals surface area contributed by atoms with Gasteiger partial charge in [0.25, 0.3) is 0 Å². The van der Waals surface area contributed by atoms with Crippen LogP contribution in [-0.4, -0.2) is 28.8 Å². The van der Waals surface area contributed by atoms with E-state index in [9.17, 15) is 0 Å². The number of ether oxygens (including phenoxy) is 1. The van der Waals surface area contributed by atoms with Gasteiger partial charge in [-0.05, 0) is 12.2 Å². The maximum atomic E-state index is 8.84. The van der Waals surface area contributed by atoms with Gasteiger partial charge < -0.3 is 40.2 Å². The fraction of sp³-hybridized carbons (Fsp3) is 0.474. The summed E-state index contributed by atoms with van der Waals surface area (Å²) in [7, 11) is 0. The summed E-state index contributed by atoms with van der Waals surface area (Å²) in [5, 5.41) is 8.84. The largest absolute Gasteiger partial charge is 0.748 e. The molecule has 1 N–H and O–H groups in total. The zero-order valence-electron chi connectivity index (χ0n) is 14.2. The zero-order chi connectivity index (χ0) is 16.3. The SMILES string of the molecule is CC(C)(C)SCCC(OCCO)[c-]1cccc1.[Fe].[cH-]1[cH-][cH-][cH-][cH-]1. The third kappa shape index (κ3) is 11.6. The molecule has 4 heteroatoms. The summed E-state index contributed by atoms with van der Waals surface area (Å²) >= 11 is 1.95. The summed E-state index contributed by atoms with van der Waals surface area (Å²) in [6.07, 6.45) is 1.11. The predicted molar refractivity (Wildman–Crippen MR) is 96.7 cm³/mol. The van der Waals surface area contributed by atoms with Crippen LogP contribution in [0.1, 0.15) is 38.9 Å². The van der Waals surface area contributed by atoms with E-state index in [0.717, 1.165) is 12.2 Å². The van der Waals surface area contributed by atoms with Crippen molar-refractivity contribution in [2.75, 3.05) is 19.0 Å². The van der Waals surface area contributed by atoms with Gasteiger partial charge >= 0.3 is 0 Å². The molecule has 0 heterocycles. The fourth-order valence-corrected chi connectivity index (χ4v) is 2.88. The maximum Gasteiger partial charge on any atom is 0.0691 e. The summed E-state index contributed by atoms with van der Waals surface area (Å²) in [6, 6.07) is 18.2. The topological polar surface area (TPSA) is 29.5 Å². The first-order valence-electron chi connectivity index (χ1n) is 7.77. The van der Waals surface area contributed by atoms with Crippen LogP contribution in [0.4, 0.5) is 0 Å². The molecule has 0 bridgehead atoms. The quantitative estimate of drug-likeness (QED) is 0.557. The van der Waals surface area contributed by atoms with Crippen LogP contribution in [0.2, 0.25) is 0 Å². The number of hydrogen-bond donors (Lipinski definition) is 1. The number of thioether (sulfide) groups is 1. The predicted octanol–water partition coefficient (Wildman–Crippen LogP) is 4.78. The minimum atomic E-state index is 0. The Morgan fingerprint density at radius 2 is 1.61 bits per heavy atom. The molecule has 1 atom stereocenters. The first kappa shape index (κ1) is 22.5. The Morgan fingerprint density at radius 1 is 1.09 bits per heavy atom. The molecular formula is C19H28FeO2S-6. The van der Waals surface area contributed by atoms with Crippen molar-refractivity contribution < 1.29 is 26.9 Å². The van der Waals surface area contributed by atoms with Crippen molar-refractivity contribution in [1.29, 1.82) is 0 Å². The van der Waals surface area contributed by atoms with Gasteiger partial charge in [-0.1, -0.05) is 20.8 Å². The molecule has 1 unspecified atom stereocenters. The van der Waals surface area contributed by atoms with Crippen LogP contribution < -0.4 is 0 Å². The van der Waals surface area contributed by atoms with Gasteiger partial charge in [-0.2, -0.15) is 23.9 Å². The normalized spacial score (nSPS) is 12.0. The third-order valence-corrected chi connectivity index (χ3v) is 4.25. The van der Waals surface area contributed by atoms with E-state index >= 15 is 0 Å². The summed E-state index contributed by atoms with van der Waals surface area (Å²) in [4.78, 5) is 0. The van der Waals surface area contributed by atoms with Gasteiger partial charge in [-0.3, -0.25) is 0 Å². The van der Waals surface area contributed by atoms with E-state index in [4.69, 9.17) is 9.84 Å². The Labute approximate surface area is 155 Å². The number of aliphatic hydroxyl groups is 1. The molecule has 0 aliphatic heterocycles. The molecule has 0 aromatic heterocycles. The molecular weight excluding hydrogens is 348 g/mol. The Morgan fingerprint density at radius 3 is 2.04 bits per heavy atom. The third-order valence-electron chi connectivity index (χ3n) is 2.94. The molecule has 0 saturated heterocycles. The molecule has 0 saturated carbocycles. The minimum Gasteiger partial charge on any atom is -0.748 e. The van der Waals surface area contributed by atoms with Crippen molar-refractivity contribution >= 4 is 11.8 Å². The van der Waals surface area contributed by atoms with Crippen molar-refractivity contribution in [3.05, 3.63) is 60.2 Å². The van der Waals surface area contributed by atoms with Gasteiger partial charge in [0.05, 0.1) is 13.2 Å². The Kier molecular flexibility index (Phi) is 12.6. The Bertz CT molecular complexity index is 429. The van der Waals surface area contributed by atoms with Crippen molar-refractivity contribution in [2.24, 2.45) is 0 Å². The molecule has 0 amide bonds. The molecule has 0 radical (unpaired) electrons. The van der Waals surface area contributed by atoms with E-state index in [1.165, 1.54) is 5.56 Å². The van der Waals surface area contributed by atoms with Crippen LogP contribution in [0.25, 0.3) is 0 Å². The second-order valence-corrected chi connectivity index (χ2v) is 7.93. The molecule has 136 valence electrons. The molecule has 0 spiro atoms. The summed E-state index contributed by atoms with van der Waals surface area (Å²) in [5.74, 6) is 1.07. The molecule has 2 aromatic carbocycles. The van der Waals surface area contributed by atoms with E-state index in [1.807, 2.05) is 54.2 Å². The summed E-state index contributed by atoms with van der Waals surface area (Å²) in [6.45, 7) is 7.18. The molecule has 0 aliphatic rings. The van der Waals surface area contributed by atoms with Crippen molar-refractivity contribution in [1.82, 2.24) is 0 Å². The first-order valence-corrected chi connectivity index (χ1v) is 8.76. The molecule has 2 aromatic rings. The minimum absolute atomic E-state index is 0. The van der Waals surface area contributed by atoms with Crippen LogP contribution in [0.5, 0.6) is 0 Å². The van der Waals surface area contributed by atoms with Crippen molar-refractivity contribution in [3.8, 4) is 0 Å². The van der Waals surface area contributed by atoms with Crippen LogP contribution in [-0.2, 0) is 21.8 Å². The van der Waals surface area contributed by atoms with Crippen LogP contribution in [0, 0.1) is 0 Å². The van der Waals surface area contributed by atoms with E-state index in [0.29, 0.717) is 11.4 Å². The van der Waals surface area contributed by atoms with Crippen LogP contribution >= 0.6 is 11.8 Å². The molecule has 2 rings (SSSR count). The molecule has 23 heavy (non-hydrogen) atoms. The average molecular weight is 376 g/mol. The molecule has 0 fully saturated rings. The van der Waals surface area contributed by atoms with Crippen molar-refractivity contribution in [2.45, 2.75) is 38.0 Å². The van der Waals surface area contributed by atoms with Gasteiger partial charge in [-0.15, -0.1) is 5.56 Å². The Hall–Kier alpha value is -0.511.